The van der Waals surface area contributed by atoms with Gasteiger partial charge in [0.15, 0.2) is 0 Å². The Bertz CT molecular complexity index is 931. The zero-order valence-corrected chi connectivity index (χ0v) is 24.1. The number of alkyl carbamates (subject to hydrolysis) is 1. The van der Waals surface area contributed by atoms with Gasteiger partial charge in [0.05, 0.1) is 7.11 Å². The van der Waals surface area contributed by atoms with Crippen molar-refractivity contribution < 1.29 is 28.7 Å². The number of hydrogen-bond acceptors (Lipinski definition) is 7. The number of nitrogens with one attached hydrogen (secondary N) is 2. The van der Waals surface area contributed by atoms with Crippen LogP contribution in [0.15, 0.2) is 18.2 Å². The number of methoxy groups -OCH3 is 1. The number of carbonyl (C=O) groups excluding carboxylic acids is 4. The molecule has 0 bridgehead atoms. The number of rotatable bonds is 13. The molecule has 0 saturated carbocycles. The number of nitrogens with zero attached hydrogens (tertiary/aromatic N) is 1. The van der Waals surface area contributed by atoms with Crippen molar-refractivity contribution in [3.8, 4) is 0 Å². The van der Waals surface area contributed by atoms with Crippen LogP contribution in [0.1, 0.15) is 76.1 Å². The van der Waals surface area contributed by atoms with Gasteiger partial charge < -0.3 is 25.0 Å². The van der Waals surface area contributed by atoms with E-state index in [0.29, 0.717) is 12.0 Å². The maximum Gasteiger partial charge on any atom is 0.408 e. The predicted molar refractivity (Wildman–Crippen MR) is 147 cm³/mol. The minimum absolute atomic E-state index is 0.00678. The van der Waals surface area contributed by atoms with Crippen molar-refractivity contribution in [2.45, 2.75) is 84.9 Å². The largest absolute Gasteiger partial charge is 0.468 e. The van der Waals surface area contributed by atoms with E-state index in [1.165, 1.54) is 12.0 Å². The molecule has 2 N–H and O–H groups in total. The van der Waals surface area contributed by atoms with Gasteiger partial charge in [-0.05, 0) is 57.7 Å². The molecule has 0 aliphatic rings. The molecular weight excluding hydrogens is 494 g/mol. The number of thiol groups is 1. The van der Waals surface area contributed by atoms with E-state index in [0.717, 1.165) is 30.4 Å². The van der Waals surface area contributed by atoms with Gasteiger partial charge in [0.25, 0.3) is 0 Å². The van der Waals surface area contributed by atoms with Gasteiger partial charge in [0.1, 0.15) is 24.2 Å². The fraction of sp³-hybridized carbons (Fsp3) is 0.630. The van der Waals surface area contributed by atoms with Crippen molar-refractivity contribution in [3.05, 3.63) is 34.9 Å². The van der Waals surface area contributed by atoms with Crippen LogP contribution >= 0.6 is 12.6 Å². The minimum Gasteiger partial charge on any atom is -0.468 e. The fourth-order valence-electron chi connectivity index (χ4n) is 3.76. The smallest absolute Gasteiger partial charge is 0.408 e. The Hall–Kier alpha value is -2.75. The van der Waals surface area contributed by atoms with Crippen LogP contribution in [-0.2, 0) is 23.9 Å². The topological polar surface area (TPSA) is 114 Å². The van der Waals surface area contributed by atoms with E-state index in [1.807, 2.05) is 26.0 Å². The van der Waals surface area contributed by atoms with Crippen molar-refractivity contribution in [3.63, 3.8) is 0 Å². The standard InChI is InChI=1S/C27H43N3O6S/c1-8-9-10-11-15-30(25(33)21(17-37)29-26(34)36-27(4,5)6)23(24(32)28-16-22(31)35-7)20-14-12-13-18(2)19(20)3/h12-14,21,23,37H,8-11,15-17H2,1-7H3,(H,28,32)(H,29,34). The molecule has 1 rings (SSSR count). The zero-order chi connectivity index (χ0) is 28.2. The number of esters is 1. The average molecular weight is 538 g/mol. The van der Waals surface area contributed by atoms with Crippen LogP contribution in [0.25, 0.3) is 0 Å². The Morgan fingerprint density at radius 2 is 1.76 bits per heavy atom. The van der Waals surface area contributed by atoms with Crippen LogP contribution in [0.2, 0.25) is 0 Å². The first-order valence-electron chi connectivity index (χ1n) is 12.7. The highest BCUT2D eigenvalue weighted by atomic mass is 32.1. The number of carbonyl (C=O) groups is 4. The van der Waals surface area contributed by atoms with Gasteiger partial charge in [-0.3, -0.25) is 14.4 Å². The van der Waals surface area contributed by atoms with Gasteiger partial charge in [-0.2, -0.15) is 12.6 Å². The normalized spacial score (nSPS) is 12.8. The molecule has 0 aliphatic carbocycles. The number of benzene rings is 1. The van der Waals surface area contributed by atoms with Gasteiger partial charge >= 0.3 is 12.1 Å². The summed E-state index contributed by atoms with van der Waals surface area (Å²) in [6, 6.07) is 3.50. The Balaban J connectivity index is 3.46. The molecule has 0 heterocycles. The highest BCUT2D eigenvalue weighted by molar-refractivity contribution is 7.80. The maximum absolute atomic E-state index is 13.9. The molecule has 1 aromatic carbocycles. The third-order valence-electron chi connectivity index (χ3n) is 5.84. The van der Waals surface area contributed by atoms with Crippen molar-refractivity contribution in [1.82, 2.24) is 15.5 Å². The predicted octanol–water partition coefficient (Wildman–Crippen LogP) is 3.87. The van der Waals surface area contributed by atoms with Crippen molar-refractivity contribution in [2.75, 3.05) is 26.0 Å². The summed E-state index contributed by atoms with van der Waals surface area (Å²) in [5.74, 6) is -1.57. The van der Waals surface area contributed by atoms with E-state index >= 15 is 0 Å². The molecule has 37 heavy (non-hydrogen) atoms. The van der Waals surface area contributed by atoms with Crippen molar-refractivity contribution in [2.24, 2.45) is 0 Å². The molecule has 0 saturated heterocycles. The molecule has 2 atom stereocenters. The highest BCUT2D eigenvalue weighted by Gasteiger charge is 2.36. The van der Waals surface area contributed by atoms with Gasteiger partial charge in [-0.25, -0.2) is 4.79 Å². The number of aryl methyl sites for hydroxylation is 1. The first-order chi connectivity index (χ1) is 17.4. The van der Waals surface area contributed by atoms with E-state index < -0.39 is 41.6 Å². The highest BCUT2D eigenvalue weighted by Crippen LogP contribution is 2.28. The summed E-state index contributed by atoms with van der Waals surface area (Å²) in [5, 5.41) is 5.21. The number of ether oxygens (including phenoxy) is 2. The second kappa shape index (κ2) is 15.5. The zero-order valence-electron chi connectivity index (χ0n) is 23.2. The third-order valence-corrected chi connectivity index (χ3v) is 6.21. The molecule has 0 radical (unpaired) electrons. The van der Waals surface area contributed by atoms with E-state index in [4.69, 9.17) is 4.74 Å². The Morgan fingerprint density at radius 3 is 2.32 bits per heavy atom. The van der Waals surface area contributed by atoms with Gasteiger partial charge in [0, 0.05) is 12.3 Å². The van der Waals surface area contributed by atoms with Crippen LogP contribution in [0.4, 0.5) is 4.79 Å². The molecule has 9 nitrogen and oxygen atoms in total. The Labute approximate surface area is 226 Å². The summed E-state index contributed by atoms with van der Waals surface area (Å²) in [6.07, 6.45) is 2.78. The lowest BCUT2D eigenvalue weighted by molar-refractivity contribution is -0.144. The monoisotopic (exact) mass is 537 g/mol. The van der Waals surface area contributed by atoms with Crippen LogP contribution in [0, 0.1) is 13.8 Å². The van der Waals surface area contributed by atoms with Gasteiger partial charge in [-0.1, -0.05) is 44.4 Å². The number of unbranched alkanes of at least 4 members (excludes halogenated alkanes) is 3. The molecule has 1 aromatic rings. The Kier molecular flexibility index (Phi) is 13.5. The van der Waals surface area contributed by atoms with E-state index in [-0.39, 0.29) is 18.8 Å². The first kappa shape index (κ1) is 32.3. The second-order valence-electron chi connectivity index (χ2n) is 9.96. The number of hydrogen-bond donors (Lipinski definition) is 3. The van der Waals surface area contributed by atoms with Crippen LogP contribution in [0.5, 0.6) is 0 Å². The minimum atomic E-state index is -1.03. The third kappa shape index (κ3) is 10.6. The average Bonchev–Trinajstić information content (AvgIpc) is 2.83. The van der Waals surface area contributed by atoms with Crippen LogP contribution in [0.3, 0.4) is 0 Å². The molecule has 2 unspecified atom stereocenters. The lowest BCUT2D eigenvalue weighted by Gasteiger charge is -2.35. The summed E-state index contributed by atoms with van der Waals surface area (Å²) in [6.45, 7) is 11.0. The lowest BCUT2D eigenvalue weighted by Crippen LogP contribution is -2.54. The van der Waals surface area contributed by atoms with Gasteiger partial charge in [0.2, 0.25) is 11.8 Å². The van der Waals surface area contributed by atoms with E-state index in [1.54, 1.807) is 26.8 Å². The van der Waals surface area contributed by atoms with Crippen molar-refractivity contribution >= 4 is 36.5 Å². The summed E-state index contributed by atoms with van der Waals surface area (Å²) < 4.78 is 9.99. The lowest BCUT2D eigenvalue weighted by atomic mass is 9.95. The molecular formula is C27H43N3O6S. The number of amides is 3. The van der Waals surface area contributed by atoms with E-state index in [9.17, 15) is 19.2 Å². The van der Waals surface area contributed by atoms with Gasteiger partial charge in [-0.15, -0.1) is 0 Å². The Morgan fingerprint density at radius 1 is 1.08 bits per heavy atom. The summed E-state index contributed by atoms with van der Waals surface area (Å²) in [7, 11) is 1.24. The second-order valence-corrected chi connectivity index (χ2v) is 10.3. The maximum atomic E-state index is 13.9. The van der Waals surface area contributed by atoms with Crippen LogP contribution in [-0.4, -0.2) is 66.4 Å². The summed E-state index contributed by atoms with van der Waals surface area (Å²) in [4.78, 5) is 53.1. The summed E-state index contributed by atoms with van der Waals surface area (Å²) >= 11 is 4.31. The van der Waals surface area contributed by atoms with E-state index in [2.05, 4.69) is 34.9 Å². The molecule has 0 spiro atoms. The molecule has 10 heteroatoms. The van der Waals surface area contributed by atoms with Crippen LogP contribution < -0.4 is 10.6 Å². The molecule has 3 amide bonds. The first-order valence-corrected chi connectivity index (χ1v) is 13.3. The molecule has 0 aliphatic heterocycles. The quantitative estimate of drug-likeness (QED) is 0.200. The molecule has 0 fully saturated rings. The van der Waals surface area contributed by atoms with Crippen molar-refractivity contribution in [1.29, 1.82) is 0 Å². The fourth-order valence-corrected chi connectivity index (χ4v) is 4.01. The SMILES string of the molecule is CCCCCCN(C(=O)C(CS)NC(=O)OC(C)(C)C)C(C(=O)NCC(=O)OC)c1cccc(C)c1C. The summed E-state index contributed by atoms with van der Waals surface area (Å²) in [5.41, 5.74) is 1.71. The molecule has 208 valence electrons. The molecule has 0 aromatic heterocycles.